The van der Waals surface area contributed by atoms with Crippen LogP contribution in [0.3, 0.4) is 0 Å². The van der Waals surface area contributed by atoms with Gasteiger partial charge in [0.2, 0.25) is 0 Å². The van der Waals surface area contributed by atoms with Gasteiger partial charge in [-0.25, -0.2) is 0 Å². The van der Waals surface area contributed by atoms with E-state index in [0.29, 0.717) is 6.04 Å². The van der Waals surface area contributed by atoms with Gasteiger partial charge in [0.15, 0.2) is 0 Å². The molecule has 0 aromatic heterocycles. The van der Waals surface area contributed by atoms with Crippen LogP contribution in [0.5, 0.6) is 0 Å². The van der Waals surface area contributed by atoms with Gasteiger partial charge in [0.05, 0.1) is 0 Å². The molecule has 1 atom stereocenters. The number of benzene rings is 2. The van der Waals surface area contributed by atoms with Gasteiger partial charge in [0, 0.05) is 29.7 Å². The van der Waals surface area contributed by atoms with Gasteiger partial charge in [-0.1, -0.05) is 24.3 Å². The van der Waals surface area contributed by atoms with Gasteiger partial charge in [0.1, 0.15) is 0 Å². The molecule has 0 spiro atoms. The van der Waals surface area contributed by atoms with Crippen LogP contribution in [0.2, 0.25) is 0 Å². The molecule has 3 rings (SSSR count). The summed E-state index contributed by atoms with van der Waals surface area (Å²) in [5.74, 6) is 0. The van der Waals surface area contributed by atoms with Crippen LogP contribution in [-0.2, 0) is 13.0 Å². The zero-order valence-electron chi connectivity index (χ0n) is 12.7. The molecule has 21 heavy (non-hydrogen) atoms. The van der Waals surface area contributed by atoms with Crippen LogP contribution in [0, 0.1) is 0 Å². The Morgan fingerprint density at radius 1 is 1.14 bits per heavy atom. The van der Waals surface area contributed by atoms with Gasteiger partial charge >= 0.3 is 0 Å². The van der Waals surface area contributed by atoms with Crippen molar-refractivity contribution in [1.82, 2.24) is 4.90 Å². The van der Waals surface area contributed by atoms with Crippen molar-refractivity contribution >= 4 is 17.4 Å². The summed E-state index contributed by atoms with van der Waals surface area (Å²) < 4.78 is 0. The lowest BCUT2D eigenvalue weighted by Gasteiger charge is -2.34. The maximum Gasteiger partial charge on any atom is 0.0362 e. The molecule has 0 bridgehead atoms. The number of nitrogen functional groups attached to an aromatic ring is 1. The molecule has 0 fully saturated rings. The largest absolute Gasteiger partial charge is 0.398 e. The number of rotatable bonds is 3. The summed E-state index contributed by atoms with van der Waals surface area (Å²) in [5, 5.41) is 0. The van der Waals surface area contributed by atoms with Crippen molar-refractivity contribution < 1.29 is 0 Å². The predicted molar refractivity (Wildman–Crippen MR) is 91.6 cm³/mol. The highest BCUT2D eigenvalue weighted by atomic mass is 32.2. The second kappa shape index (κ2) is 6.12. The summed E-state index contributed by atoms with van der Waals surface area (Å²) in [4.78, 5) is 3.84. The maximum absolute atomic E-state index is 6.15. The first kappa shape index (κ1) is 14.5. The summed E-state index contributed by atoms with van der Waals surface area (Å²) in [6.07, 6.45) is 3.20. The van der Waals surface area contributed by atoms with Crippen LogP contribution in [0.15, 0.2) is 47.4 Å². The van der Waals surface area contributed by atoms with Crippen LogP contribution in [-0.4, -0.2) is 17.7 Å². The summed E-state index contributed by atoms with van der Waals surface area (Å²) in [6, 6.07) is 15.6. The smallest absolute Gasteiger partial charge is 0.0362 e. The molecule has 3 heteroatoms. The lowest BCUT2D eigenvalue weighted by molar-refractivity contribution is 0.192. The first-order valence-electron chi connectivity index (χ1n) is 7.43. The number of nitrogens with two attached hydrogens (primary N) is 1. The Morgan fingerprint density at radius 3 is 2.62 bits per heavy atom. The normalized spacial score (nSPS) is 16.5. The number of anilines is 1. The molecule has 2 nitrogen and oxygen atoms in total. The molecule has 0 amide bonds. The Kier molecular flexibility index (Phi) is 4.22. The van der Waals surface area contributed by atoms with E-state index in [1.807, 2.05) is 6.07 Å². The minimum absolute atomic E-state index is 0.425. The van der Waals surface area contributed by atoms with Crippen LogP contribution in [0.1, 0.15) is 29.7 Å². The average molecular weight is 298 g/mol. The van der Waals surface area contributed by atoms with Gasteiger partial charge < -0.3 is 5.73 Å². The summed E-state index contributed by atoms with van der Waals surface area (Å²) in [6.45, 7) is 4.34. The molecule has 1 aliphatic rings. The van der Waals surface area contributed by atoms with Crippen molar-refractivity contribution in [2.24, 2.45) is 0 Å². The Labute approximate surface area is 131 Å². The molecule has 1 aliphatic heterocycles. The molecule has 0 aliphatic carbocycles. The van der Waals surface area contributed by atoms with Crippen LogP contribution < -0.4 is 5.73 Å². The van der Waals surface area contributed by atoms with E-state index in [1.54, 1.807) is 11.8 Å². The van der Waals surface area contributed by atoms with E-state index in [2.05, 4.69) is 54.5 Å². The quantitative estimate of drug-likeness (QED) is 0.683. The van der Waals surface area contributed by atoms with Crippen LogP contribution in [0.25, 0.3) is 0 Å². The fraction of sp³-hybridized carbons (Fsp3) is 0.333. The van der Waals surface area contributed by atoms with Crippen LogP contribution in [0.4, 0.5) is 5.69 Å². The number of nitrogens with zero attached hydrogens (tertiary/aromatic N) is 1. The maximum atomic E-state index is 6.15. The Morgan fingerprint density at radius 2 is 1.90 bits per heavy atom. The van der Waals surface area contributed by atoms with E-state index in [9.17, 15) is 0 Å². The topological polar surface area (TPSA) is 29.3 Å². The highest BCUT2D eigenvalue weighted by Gasteiger charge is 2.22. The van der Waals surface area contributed by atoms with Gasteiger partial charge in [-0.15, -0.1) is 11.8 Å². The van der Waals surface area contributed by atoms with Crippen LogP contribution >= 0.6 is 11.8 Å². The Bertz CT molecular complexity index is 622. The summed E-state index contributed by atoms with van der Waals surface area (Å²) >= 11 is 1.79. The molecule has 2 aromatic carbocycles. The molecule has 0 saturated carbocycles. The summed E-state index contributed by atoms with van der Waals surface area (Å²) in [7, 11) is 0. The zero-order chi connectivity index (χ0) is 14.8. The molecule has 0 radical (unpaired) electrons. The third-order valence-corrected chi connectivity index (χ3v) is 5.23. The zero-order valence-corrected chi connectivity index (χ0v) is 13.5. The van der Waals surface area contributed by atoms with E-state index in [-0.39, 0.29) is 0 Å². The average Bonchev–Trinajstić information content (AvgIpc) is 2.54. The molecule has 110 valence electrons. The van der Waals surface area contributed by atoms with Gasteiger partial charge in [-0.2, -0.15) is 0 Å². The highest BCUT2D eigenvalue weighted by Crippen LogP contribution is 2.30. The lowest BCUT2D eigenvalue weighted by atomic mass is 9.96. The SMILES string of the molecule is CSc1ccc(C(C)N2CCc3cccc(N)c3C2)cc1. The van der Waals surface area contributed by atoms with E-state index >= 15 is 0 Å². The molecule has 2 aromatic rings. The van der Waals surface area contributed by atoms with Crippen molar-refractivity contribution in [2.45, 2.75) is 30.8 Å². The molecule has 1 heterocycles. The minimum Gasteiger partial charge on any atom is -0.398 e. The van der Waals surface area contributed by atoms with Crippen molar-refractivity contribution in [1.29, 1.82) is 0 Å². The second-order valence-electron chi connectivity index (χ2n) is 5.65. The molecular formula is C18H22N2S. The van der Waals surface area contributed by atoms with Crippen molar-refractivity contribution in [3.8, 4) is 0 Å². The van der Waals surface area contributed by atoms with Crippen molar-refractivity contribution in [2.75, 3.05) is 18.5 Å². The minimum atomic E-state index is 0.425. The fourth-order valence-electron chi connectivity index (χ4n) is 3.05. The fourth-order valence-corrected chi connectivity index (χ4v) is 3.46. The highest BCUT2D eigenvalue weighted by molar-refractivity contribution is 7.98. The molecule has 2 N–H and O–H groups in total. The number of fused-ring (bicyclic) bond motifs is 1. The molecule has 0 saturated heterocycles. The van der Waals surface area contributed by atoms with Crippen molar-refractivity contribution in [3.05, 3.63) is 59.2 Å². The summed E-state index contributed by atoms with van der Waals surface area (Å²) in [5.41, 5.74) is 11.2. The lowest BCUT2D eigenvalue weighted by Crippen LogP contribution is -2.33. The predicted octanol–water partition coefficient (Wildman–Crippen LogP) is 4.11. The van der Waals surface area contributed by atoms with E-state index in [4.69, 9.17) is 5.73 Å². The third kappa shape index (κ3) is 2.94. The van der Waals surface area contributed by atoms with Crippen molar-refractivity contribution in [3.63, 3.8) is 0 Å². The van der Waals surface area contributed by atoms with E-state index < -0.39 is 0 Å². The molecular weight excluding hydrogens is 276 g/mol. The van der Waals surface area contributed by atoms with Gasteiger partial charge in [0.25, 0.3) is 0 Å². The monoisotopic (exact) mass is 298 g/mol. The third-order valence-electron chi connectivity index (χ3n) is 4.48. The second-order valence-corrected chi connectivity index (χ2v) is 6.53. The standard InChI is InChI=1S/C18H22N2S/c1-13(14-6-8-16(21-2)9-7-14)20-11-10-15-4-3-5-18(19)17(15)12-20/h3-9,13H,10-12,19H2,1-2H3. The van der Waals surface area contributed by atoms with Gasteiger partial charge in [-0.3, -0.25) is 4.90 Å². The van der Waals surface area contributed by atoms with Gasteiger partial charge in [-0.05, 0) is 54.5 Å². The first-order valence-corrected chi connectivity index (χ1v) is 8.65. The Balaban J connectivity index is 1.80. The Hall–Kier alpha value is -1.45. The number of hydrogen-bond acceptors (Lipinski definition) is 3. The first-order chi connectivity index (χ1) is 10.2. The van der Waals surface area contributed by atoms with E-state index in [0.717, 1.165) is 25.2 Å². The number of hydrogen-bond donors (Lipinski definition) is 1. The molecule has 1 unspecified atom stereocenters. The van der Waals surface area contributed by atoms with E-state index in [1.165, 1.54) is 21.6 Å². The number of thioether (sulfide) groups is 1.